The summed E-state index contributed by atoms with van der Waals surface area (Å²) in [6.45, 7) is 9.55. The van der Waals surface area contributed by atoms with Gasteiger partial charge in [0.2, 0.25) is 0 Å². The summed E-state index contributed by atoms with van der Waals surface area (Å²) in [5.74, 6) is 0. The van der Waals surface area contributed by atoms with Crippen molar-refractivity contribution in [3.05, 3.63) is 82.7 Å². The molecule has 0 aliphatic rings. The van der Waals surface area contributed by atoms with E-state index in [2.05, 4.69) is 93.0 Å². The number of rotatable bonds is 6. The van der Waals surface area contributed by atoms with E-state index in [4.69, 9.17) is 0 Å². The van der Waals surface area contributed by atoms with E-state index in [1.807, 2.05) is 0 Å². The Morgan fingerprint density at radius 2 is 1.30 bits per heavy atom. The van der Waals surface area contributed by atoms with Gasteiger partial charge in [0.1, 0.15) is 0 Å². The lowest BCUT2D eigenvalue weighted by molar-refractivity contribution is 0.804. The molecule has 0 bridgehead atoms. The summed E-state index contributed by atoms with van der Waals surface area (Å²) in [6, 6.07) is 21.4. The lowest BCUT2D eigenvalue weighted by Gasteiger charge is -2.19. The van der Waals surface area contributed by atoms with Crippen molar-refractivity contribution in [2.24, 2.45) is 0 Å². The normalized spacial score (nSPS) is 11.0. The third kappa shape index (κ3) is 5.09. The van der Waals surface area contributed by atoms with Crippen LogP contribution in [0.3, 0.4) is 0 Å². The van der Waals surface area contributed by atoms with Gasteiger partial charge in [0.15, 0.2) is 0 Å². The van der Waals surface area contributed by atoms with Crippen molar-refractivity contribution in [1.82, 2.24) is 0 Å². The zero-order valence-corrected chi connectivity index (χ0v) is 15.9. The van der Waals surface area contributed by atoms with E-state index in [0.29, 0.717) is 0 Å². The molecule has 0 spiro atoms. The van der Waals surface area contributed by atoms with E-state index in [1.54, 1.807) is 5.20 Å². The van der Waals surface area contributed by atoms with Crippen molar-refractivity contribution in [2.75, 3.05) is 0 Å². The van der Waals surface area contributed by atoms with Crippen molar-refractivity contribution < 1.29 is 0 Å². The number of allylic oxidation sites excluding steroid dienone is 1. The highest BCUT2D eigenvalue weighted by atomic mass is 28.3. The van der Waals surface area contributed by atoms with E-state index >= 15 is 0 Å². The molecule has 0 nitrogen and oxygen atoms in total. The Kier molecular flexibility index (Phi) is 6.21. The minimum Gasteiger partial charge on any atom is -0.117 e. The molecule has 23 heavy (non-hydrogen) atoms. The number of benzene rings is 2. The van der Waals surface area contributed by atoms with Gasteiger partial charge in [-0.15, -0.1) is 5.73 Å². The van der Waals surface area contributed by atoms with Crippen molar-refractivity contribution in [1.29, 1.82) is 0 Å². The van der Waals surface area contributed by atoms with Gasteiger partial charge in [-0.1, -0.05) is 93.6 Å². The molecule has 0 saturated heterocycles. The number of hydrogen-bond donors (Lipinski definition) is 0. The predicted molar refractivity (Wildman–Crippen MR) is 105 cm³/mol. The molecule has 0 N–H and O–H groups in total. The van der Waals surface area contributed by atoms with Gasteiger partial charge in [-0.2, -0.15) is 0 Å². The van der Waals surface area contributed by atoms with E-state index in [0.717, 1.165) is 0 Å². The topological polar surface area (TPSA) is 0 Å². The zero-order valence-electron chi connectivity index (χ0n) is 14.9. The summed E-state index contributed by atoms with van der Waals surface area (Å²) < 4.78 is 0. The van der Waals surface area contributed by atoms with Crippen LogP contribution in [0.1, 0.15) is 37.3 Å². The second kappa shape index (κ2) is 8.15. The second-order valence-corrected chi connectivity index (χ2v) is 12.2. The first kappa shape index (κ1) is 17.5. The summed E-state index contributed by atoms with van der Waals surface area (Å²) in [7, 11) is -1.37. The first-order valence-corrected chi connectivity index (χ1v) is 12.1. The Morgan fingerprint density at radius 1 is 0.826 bits per heavy atom. The quantitative estimate of drug-likeness (QED) is 0.410. The first-order valence-electron chi connectivity index (χ1n) is 8.63. The Bertz CT molecular complexity index is 627. The maximum absolute atomic E-state index is 3.86. The highest BCUT2D eigenvalue weighted by Crippen LogP contribution is 2.26. The fourth-order valence-corrected chi connectivity index (χ4v) is 4.08. The summed E-state index contributed by atoms with van der Waals surface area (Å²) >= 11 is 0. The van der Waals surface area contributed by atoms with Gasteiger partial charge in [-0.05, 0) is 29.2 Å². The predicted octanol–water partition coefficient (Wildman–Crippen LogP) is 6.71. The first-order chi connectivity index (χ1) is 11.0. The fraction of sp³-hybridized carbons (Fsp3) is 0.318. The van der Waals surface area contributed by atoms with Crippen LogP contribution < -0.4 is 0 Å². The molecule has 2 rings (SSSR count). The molecule has 0 atom stereocenters. The summed E-state index contributed by atoms with van der Waals surface area (Å²) in [5, 5.41) is 1.54. The van der Waals surface area contributed by atoms with Crippen molar-refractivity contribution in [3.8, 4) is 0 Å². The zero-order chi connectivity index (χ0) is 16.7. The van der Waals surface area contributed by atoms with Gasteiger partial charge < -0.3 is 0 Å². The SMILES string of the molecule is CCCCC(=C=C(c1ccccc1)c1ccccc1)[Si](C)(C)C. The van der Waals surface area contributed by atoms with E-state index < -0.39 is 8.07 Å². The monoisotopic (exact) mass is 320 g/mol. The maximum Gasteiger partial charge on any atom is 0.0823 e. The van der Waals surface area contributed by atoms with Gasteiger partial charge in [0.25, 0.3) is 0 Å². The largest absolute Gasteiger partial charge is 0.117 e. The molecule has 0 heterocycles. The lowest BCUT2D eigenvalue weighted by Crippen LogP contribution is -2.23. The molecule has 2 aromatic rings. The van der Waals surface area contributed by atoms with Crippen LogP contribution in [0.2, 0.25) is 19.6 Å². The van der Waals surface area contributed by atoms with Gasteiger partial charge in [-0.25, -0.2) is 0 Å². The molecule has 120 valence electrons. The van der Waals surface area contributed by atoms with Crippen molar-refractivity contribution >= 4 is 13.6 Å². The molecular formula is C22H28Si. The minimum atomic E-state index is -1.37. The average molecular weight is 321 g/mol. The van der Waals surface area contributed by atoms with Crippen molar-refractivity contribution in [2.45, 2.75) is 45.8 Å². The molecule has 0 radical (unpaired) electrons. The molecular weight excluding hydrogens is 292 g/mol. The van der Waals surface area contributed by atoms with Crippen molar-refractivity contribution in [3.63, 3.8) is 0 Å². The Morgan fingerprint density at radius 3 is 1.70 bits per heavy atom. The Labute approximate surface area is 142 Å². The summed E-state index contributed by atoms with van der Waals surface area (Å²) in [6.07, 6.45) is 3.67. The van der Waals surface area contributed by atoms with Crippen LogP contribution in [-0.2, 0) is 0 Å². The molecule has 0 amide bonds. The molecule has 1 heteroatoms. The molecule has 0 aromatic heterocycles. The minimum absolute atomic E-state index is 1.18. The maximum atomic E-state index is 3.86. The van der Waals surface area contributed by atoms with Crippen LogP contribution in [-0.4, -0.2) is 8.07 Å². The van der Waals surface area contributed by atoms with Crippen LogP contribution in [0.5, 0.6) is 0 Å². The van der Waals surface area contributed by atoms with Crippen LogP contribution in [0.25, 0.3) is 5.57 Å². The highest BCUT2D eigenvalue weighted by Gasteiger charge is 2.19. The Hall–Kier alpha value is -1.82. The summed E-state index contributed by atoms with van der Waals surface area (Å²) in [5.41, 5.74) is 7.60. The Balaban J connectivity index is 2.66. The second-order valence-electron chi connectivity index (χ2n) is 7.06. The fourth-order valence-electron chi connectivity index (χ4n) is 2.65. The van der Waals surface area contributed by atoms with Gasteiger partial charge in [0, 0.05) is 5.57 Å². The van der Waals surface area contributed by atoms with Gasteiger partial charge in [0.05, 0.1) is 8.07 Å². The van der Waals surface area contributed by atoms with Gasteiger partial charge >= 0.3 is 0 Å². The molecule has 2 aromatic carbocycles. The smallest absolute Gasteiger partial charge is 0.0823 e. The molecule has 0 aliphatic heterocycles. The molecule has 0 saturated carbocycles. The van der Waals surface area contributed by atoms with E-state index in [9.17, 15) is 0 Å². The highest BCUT2D eigenvalue weighted by molar-refractivity contribution is 6.83. The van der Waals surface area contributed by atoms with E-state index in [1.165, 1.54) is 36.0 Å². The van der Waals surface area contributed by atoms with Crippen LogP contribution >= 0.6 is 0 Å². The summed E-state index contributed by atoms with van der Waals surface area (Å²) in [4.78, 5) is 0. The van der Waals surface area contributed by atoms with Gasteiger partial charge in [-0.3, -0.25) is 0 Å². The third-order valence-electron chi connectivity index (χ3n) is 4.09. The average Bonchev–Trinajstić information content (AvgIpc) is 2.55. The molecule has 0 unspecified atom stereocenters. The number of hydrogen-bond acceptors (Lipinski definition) is 0. The lowest BCUT2D eigenvalue weighted by atomic mass is 9.98. The van der Waals surface area contributed by atoms with E-state index in [-0.39, 0.29) is 0 Å². The standard InChI is InChI=1S/C22H28Si/c1-5-6-17-21(23(2,3)4)18-22(19-13-9-7-10-14-19)20-15-11-8-12-16-20/h7-16H,5-6,17H2,1-4H3. The third-order valence-corrected chi connectivity index (χ3v) is 6.27. The number of unbranched alkanes of at least 4 members (excludes halogenated alkanes) is 1. The van der Waals surface area contributed by atoms with Crippen LogP contribution in [0, 0.1) is 0 Å². The molecule has 0 fully saturated rings. The van der Waals surface area contributed by atoms with Crippen LogP contribution in [0.4, 0.5) is 0 Å². The van der Waals surface area contributed by atoms with Crippen LogP contribution in [0.15, 0.2) is 71.6 Å². The molecule has 0 aliphatic carbocycles.